The molecule has 1 aromatic heterocycles. The first-order valence-corrected chi connectivity index (χ1v) is 5.59. The van der Waals surface area contributed by atoms with E-state index >= 15 is 0 Å². The number of hydrogen-bond acceptors (Lipinski definition) is 3. The van der Waals surface area contributed by atoms with Gasteiger partial charge in [-0.05, 0) is 12.1 Å². The molecule has 0 radical (unpaired) electrons. The van der Waals surface area contributed by atoms with Crippen molar-refractivity contribution < 1.29 is 13.0 Å². The lowest BCUT2D eigenvalue weighted by Gasteiger charge is -1.98. The number of benzene rings is 1. The SMILES string of the molecule is O=S(=O)(O)c1cnn(-c2ccccc2)c1. The first kappa shape index (κ1) is 9.88. The zero-order chi connectivity index (χ0) is 10.9. The van der Waals surface area contributed by atoms with Gasteiger partial charge in [-0.25, -0.2) is 4.68 Å². The molecular formula is C9H8N2O3S. The van der Waals surface area contributed by atoms with Gasteiger partial charge >= 0.3 is 0 Å². The van der Waals surface area contributed by atoms with Crippen LogP contribution in [-0.4, -0.2) is 22.8 Å². The molecule has 1 N–H and O–H groups in total. The molecule has 0 bridgehead atoms. The molecule has 2 aromatic rings. The summed E-state index contributed by atoms with van der Waals surface area (Å²) in [6, 6.07) is 9.02. The van der Waals surface area contributed by atoms with Crippen molar-refractivity contribution in [1.29, 1.82) is 0 Å². The average molecular weight is 224 g/mol. The lowest BCUT2D eigenvalue weighted by molar-refractivity contribution is 0.483. The van der Waals surface area contributed by atoms with Gasteiger partial charge in [0.15, 0.2) is 0 Å². The zero-order valence-corrected chi connectivity index (χ0v) is 8.42. The Morgan fingerprint density at radius 2 is 1.87 bits per heavy atom. The molecule has 1 heterocycles. The molecule has 15 heavy (non-hydrogen) atoms. The summed E-state index contributed by atoms with van der Waals surface area (Å²) >= 11 is 0. The van der Waals surface area contributed by atoms with Crippen molar-refractivity contribution in [2.24, 2.45) is 0 Å². The van der Waals surface area contributed by atoms with Gasteiger partial charge < -0.3 is 0 Å². The van der Waals surface area contributed by atoms with Crippen molar-refractivity contribution in [3.05, 3.63) is 42.7 Å². The van der Waals surface area contributed by atoms with Crippen molar-refractivity contribution in [3.8, 4) is 5.69 Å². The number of para-hydroxylation sites is 1. The third-order valence-electron chi connectivity index (χ3n) is 1.88. The largest absolute Gasteiger partial charge is 0.297 e. The molecule has 0 spiro atoms. The monoisotopic (exact) mass is 224 g/mol. The maximum Gasteiger partial charge on any atom is 0.297 e. The highest BCUT2D eigenvalue weighted by atomic mass is 32.2. The molecular weight excluding hydrogens is 216 g/mol. The highest BCUT2D eigenvalue weighted by Gasteiger charge is 2.12. The van der Waals surface area contributed by atoms with E-state index in [9.17, 15) is 8.42 Å². The van der Waals surface area contributed by atoms with Crippen molar-refractivity contribution >= 4 is 10.1 Å². The Morgan fingerprint density at radius 3 is 2.40 bits per heavy atom. The molecule has 0 aliphatic rings. The molecule has 0 aliphatic carbocycles. The van der Waals surface area contributed by atoms with Crippen LogP contribution in [0.4, 0.5) is 0 Å². The summed E-state index contributed by atoms with van der Waals surface area (Å²) < 4.78 is 31.7. The number of aromatic nitrogens is 2. The predicted octanol–water partition coefficient (Wildman–Crippen LogP) is 1.12. The maximum atomic E-state index is 10.8. The second kappa shape index (κ2) is 3.48. The van der Waals surface area contributed by atoms with E-state index in [0.29, 0.717) is 0 Å². The second-order valence-corrected chi connectivity index (χ2v) is 4.35. The molecule has 0 aliphatic heterocycles. The van der Waals surface area contributed by atoms with E-state index in [1.54, 1.807) is 12.1 Å². The van der Waals surface area contributed by atoms with Crippen molar-refractivity contribution in [2.75, 3.05) is 0 Å². The topological polar surface area (TPSA) is 72.2 Å². The molecule has 0 atom stereocenters. The van der Waals surface area contributed by atoms with Crippen molar-refractivity contribution in [1.82, 2.24) is 9.78 Å². The third kappa shape index (κ3) is 2.05. The van der Waals surface area contributed by atoms with Crippen LogP contribution in [-0.2, 0) is 10.1 Å². The maximum absolute atomic E-state index is 10.8. The van der Waals surface area contributed by atoms with Crippen LogP contribution in [0.25, 0.3) is 5.69 Å². The smallest absolute Gasteiger partial charge is 0.282 e. The molecule has 78 valence electrons. The van der Waals surface area contributed by atoms with E-state index in [-0.39, 0.29) is 4.90 Å². The van der Waals surface area contributed by atoms with Gasteiger partial charge in [-0.15, -0.1) is 0 Å². The Hall–Kier alpha value is -1.66. The van der Waals surface area contributed by atoms with Gasteiger partial charge in [0.2, 0.25) is 0 Å². The van der Waals surface area contributed by atoms with Gasteiger partial charge in [-0.3, -0.25) is 4.55 Å². The Morgan fingerprint density at radius 1 is 1.20 bits per heavy atom. The van der Waals surface area contributed by atoms with Gasteiger partial charge in [-0.1, -0.05) is 18.2 Å². The van der Waals surface area contributed by atoms with Crippen LogP contribution < -0.4 is 0 Å². The van der Waals surface area contributed by atoms with Gasteiger partial charge in [0.25, 0.3) is 10.1 Å². The molecule has 0 amide bonds. The first-order valence-electron chi connectivity index (χ1n) is 4.15. The molecule has 0 unspecified atom stereocenters. The first-order chi connectivity index (χ1) is 7.07. The summed E-state index contributed by atoms with van der Waals surface area (Å²) in [5, 5.41) is 3.83. The molecule has 0 fully saturated rings. The molecule has 2 rings (SSSR count). The summed E-state index contributed by atoms with van der Waals surface area (Å²) in [5.74, 6) is 0. The molecule has 1 aromatic carbocycles. The Balaban J connectivity index is 2.46. The van der Waals surface area contributed by atoms with E-state index in [1.807, 2.05) is 18.2 Å². The van der Waals surface area contributed by atoms with Gasteiger partial charge in [0.1, 0.15) is 4.90 Å². The molecule has 0 saturated heterocycles. The number of rotatable bonds is 2. The highest BCUT2D eigenvalue weighted by molar-refractivity contribution is 7.85. The van der Waals surface area contributed by atoms with E-state index < -0.39 is 10.1 Å². The number of hydrogen-bond donors (Lipinski definition) is 1. The lowest BCUT2D eigenvalue weighted by Crippen LogP contribution is -1.96. The Labute approximate surface area is 86.7 Å². The fraction of sp³-hybridized carbons (Fsp3) is 0. The minimum Gasteiger partial charge on any atom is -0.282 e. The standard InChI is InChI=1S/C9H8N2O3S/c12-15(13,14)9-6-10-11(7-9)8-4-2-1-3-5-8/h1-7H,(H,12,13,14). The van der Waals surface area contributed by atoms with E-state index in [0.717, 1.165) is 11.9 Å². The molecule has 6 heteroatoms. The lowest BCUT2D eigenvalue weighted by atomic mass is 10.3. The van der Waals surface area contributed by atoms with Gasteiger partial charge in [0.05, 0.1) is 18.1 Å². The minimum atomic E-state index is -4.17. The fourth-order valence-corrected chi connectivity index (χ4v) is 1.57. The Kier molecular flexibility index (Phi) is 2.29. The summed E-state index contributed by atoms with van der Waals surface area (Å²) in [6.45, 7) is 0. The average Bonchev–Trinajstić information content (AvgIpc) is 2.67. The summed E-state index contributed by atoms with van der Waals surface area (Å²) in [6.07, 6.45) is 2.35. The van der Waals surface area contributed by atoms with Gasteiger partial charge in [0, 0.05) is 0 Å². The minimum absolute atomic E-state index is 0.216. The van der Waals surface area contributed by atoms with Crippen LogP contribution in [0.2, 0.25) is 0 Å². The van der Waals surface area contributed by atoms with Crippen LogP contribution in [0.5, 0.6) is 0 Å². The van der Waals surface area contributed by atoms with Crippen molar-refractivity contribution in [3.63, 3.8) is 0 Å². The second-order valence-electron chi connectivity index (χ2n) is 2.93. The van der Waals surface area contributed by atoms with Crippen LogP contribution in [0.1, 0.15) is 0 Å². The van der Waals surface area contributed by atoms with Crippen LogP contribution in [0.15, 0.2) is 47.6 Å². The van der Waals surface area contributed by atoms with Crippen molar-refractivity contribution in [2.45, 2.75) is 4.90 Å². The summed E-state index contributed by atoms with van der Waals surface area (Å²) in [4.78, 5) is -0.216. The van der Waals surface area contributed by atoms with E-state index in [1.165, 1.54) is 10.9 Å². The van der Waals surface area contributed by atoms with E-state index in [2.05, 4.69) is 5.10 Å². The van der Waals surface area contributed by atoms with Crippen LogP contribution in [0.3, 0.4) is 0 Å². The predicted molar refractivity (Wildman–Crippen MR) is 53.4 cm³/mol. The van der Waals surface area contributed by atoms with E-state index in [4.69, 9.17) is 4.55 Å². The van der Waals surface area contributed by atoms with Gasteiger partial charge in [-0.2, -0.15) is 13.5 Å². The fourth-order valence-electron chi connectivity index (χ4n) is 1.16. The quantitative estimate of drug-likeness (QED) is 0.776. The molecule has 0 saturated carbocycles. The number of nitrogens with zero attached hydrogens (tertiary/aromatic N) is 2. The summed E-state index contributed by atoms with van der Waals surface area (Å²) in [7, 11) is -4.17. The Bertz CT molecular complexity index is 560. The summed E-state index contributed by atoms with van der Waals surface area (Å²) in [5.41, 5.74) is 0.729. The van der Waals surface area contributed by atoms with Crippen LogP contribution in [0, 0.1) is 0 Å². The normalized spacial score (nSPS) is 11.5. The zero-order valence-electron chi connectivity index (χ0n) is 7.61. The van der Waals surface area contributed by atoms with Crippen LogP contribution >= 0.6 is 0 Å². The molecule has 5 nitrogen and oxygen atoms in total. The highest BCUT2D eigenvalue weighted by Crippen LogP contribution is 2.11. The third-order valence-corrected chi connectivity index (χ3v) is 2.68.